The molecule has 2 heterocycles. The number of benzene rings is 2. The maximum Gasteiger partial charge on any atom is 0.246 e. The molecule has 10 nitrogen and oxygen atoms in total. The minimum Gasteiger partial charge on any atom is -0.493 e. The fourth-order valence-corrected chi connectivity index (χ4v) is 3.47. The molecule has 0 aliphatic heterocycles. The summed E-state index contributed by atoms with van der Waals surface area (Å²) in [5, 5.41) is 13.4. The molecule has 0 saturated carbocycles. The number of ether oxygens (including phenoxy) is 1. The smallest absolute Gasteiger partial charge is 0.246 e. The van der Waals surface area contributed by atoms with Gasteiger partial charge in [0.25, 0.3) is 0 Å². The van der Waals surface area contributed by atoms with Crippen LogP contribution in [0.4, 0.5) is 27.4 Å². The Kier molecular flexibility index (Phi) is 7.91. The number of rotatable bonds is 10. The van der Waals surface area contributed by atoms with Crippen LogP contribution in [-0.4, -0.2) is 44.0 Å². The van der Waals surface area contributed by atoms with Gasteiger partial charge in [-0.05, 0) is 36.8 Å². The minimum absolute atomic E-state index is 0.168. The van der Waals surface area contributed by atoms with Crippen molar-refractivity contribution in [3.8, 4) is 5.75 Å². The van der Waals surface area contributed by atoms with E-state index in [0.717, 1.165) is 6.42 Å². The molecule has 3 N–H and O–H groups in total. The van der Waals surface area contributed by atoms with Crippen molar-refractivity contribution < 1.29 is 18.7 Å². The van der Waals surface area contributed by atoms with E-state index in [0.29, 0.717) is 46.3 Å². The highest BCUT2D eigenvalue weighted by Crippen LogP contribution is 2.29. The first-order valence-corrected chi connectivity index (χ1v) is 11.6. The summed E-state index contributed by atoms with van der Waals surface area (Å²) < 4.78 is 20.4. The molecule has 2 aromatic carbocycles. The van der Waals surface area contributed by atoms with Gasteiger partial charge in [0.1, 0.15) is 35.9 Å². The Balaban J connectivity index is 1.54. The van der Waals surface area contributed by atoms with E-state index in [1.165, 1.54) is 36.1 Å². The number of anilines is 4. The Morgan fingerprint density at radius 2 is 1.97 bits per heavy atom. The number of alkyl halides is 1. The summed E-state index contributed by atoms with van der Waals surface area (Å²) in [5.74, 6) is 0.653. The van der Waals surface area contributed by atoms with Gasteiger partial charge in [0.2, 0.25) is 11.8 Å². The van der Waals surface area contributed by atoms with Crippen LogP contribution in [0.5, 0.6) is 5.75 Å². The average Bonchev–Trinajstić information content (AvgIpc) is 3.18. The molecule has 186 valence electrons. The molecule has 12 heteroatoms. The molecule has 36 heavy (non-hydrogen) atoms. The molecule has 0 fully saturated rings. The highest BCUT2D eigenvalue weighted by molar-refractivity contribution is 6.17. The van der Waals surface area contributed by atoms with Crippen LogP contribution >= 0.6 is 11.6 Å². The Morgan fingerprint density at radius 1 is 1.11 bits per heavy atom. The topological polar surface area (TPSA) is 123 Å². The van der Waals surface area contributed by atoms with E-state index < -0.39 is 11.7 Å². The second-order valence-electron chi connectivity index (χ2n) is 7.75. The van der Waals surface area contributed by atoms with Crippen LogP contribution in [0.15, 0.2) is 55.0 Å². The number of fused-ring (bicyclic) bond motifs is 1. The highest BCUT2D eigenvalue weighted by Gasteiger charge is 2.15. The van der Waals surface area contributed by atoms with Gasteiger partial charge in [0.05, 0.1) is 18.3 Å². The van der Waals surface area contributed by atoms with Gasteiger partial charge in [-0.25, -0.2) is 14.4 Å². The molecule has 2 aromatic heterocycles. The van der Waals surface area contributed by atoms with Gasteiger partial charge < -0.3 is 20.7 Å². The zero-order valence-electron chi connectivity index (χ0n) is 19.3. The number of aromatic nitrogens is 4. The van der Waals surface area contributed by atoms with Crippen LogP contribution in [0.25, 0.3) is 10.9 Å². The van der Waals surface area contributed by atoms with E-state index in [4.69, 9.17) is 16.3 Å². The number of carbonyl (C=O) groups excluding carboxylic acids is 2. The van der Waals surface area contributed by atoms with Crippen LogP contribution in [0.1, 0.15) is 13.3 Å². The molecule has 4 rings (SSSR count). The maximum atomic E-state index is 13.4. The van der Waals surface area contributed by atoms with Crippen molar-refractivity contribution in [2.75, 3.05) is 28.4 Å². The summed E-state index contributed by atoms with van der Waals surface area (Å²) in [6.07, 6.45) is 3.70. The number of halogens is 2. The van der Waals surface area contributed by atoms with E-state index >= 15 is 0 Å². The number of nitrogens with one attached hydrogen (secondary N) is 3. The predicted octanol–water partition coefficient (Wildman–Crippen LogP) is 4.31. The Morgan fingerprint density at radius 3 is 2.75 bits per heavy atom. The fraction of sp³-hybridized carbons (Fsp3) is 0.208. The van der Waals surface area contributed by atoms with Crippen molar-refractivity contribution in [3.63, 3.8) is 0 Å². The van der Waals surface area contributed by atoms with E-state index in [1.807, 2.05) is 6.07 Å². The van der Waals surface area contributed by atoms with Crippen LogP contribution in [0, 0.1) is 5.82 Å². The lowest BCUT2D eigenvalue weighted by Crippen LogP contribution is -2.19. The fourth-order valence-electron chi connectivity index (χ4n) is 3.37. The van der Waals surface area contributed by atoms with Crippen molar-refractivity contribution in [1.29, 1.82) is 0 Å². The largest absolute Gasteiger partial charge is 0.493 e. The van der Waals surface area contributed by atoms with Gasteiger partial charge in [0, 0.05) is 29.9 Å². The predicted molar refractivity (Wildman–Crippen MR) is 135 cm³/mol. The van der Waals surface area contributed by atoms with Gasteiger partial charge in [-0.1, -0.05) is 6.07 Å². The molecule has 0 atom stereocenters. The van der Waals surface area contributed by atoms with Crippen molar-refractivity contribution in [2.45, 2.75) is 19.9 Å². The van der Waals surface area contributed by atoms with Crippen LogP contribution in [0.2, 0.25) is 0 Å². The van der Waals surface area contributed by atoms with Crippen LogP contribution < -0.4 is 20.7 Å². The molecule has 0 saturated heterocycles. The van der Waals surface area contributed by atoms with Crippen molar-refractivity contribution in [3.05, 3.63) is 60.8 Å². The van der Waals surface area contributed by atoms with Crippen molar-refractivity contribution >= 4 is 57.3 Å². The average molecular weight is 512 g/mol. The number of hydrogen-bond acceptors (Lipinski definition) is 7. The Labute approximate surface area is 210 Å². The molecule has 2 amide bonds. The highest BCUT2D eigenvalue weighted by atomic mass is 35.5. The van der Waals surface area contributed by atoms with Crippen molar-refractivity contribution in [2.24, 2.45) is 0 Å². The number of hydrogen-bond donors (Lipinski definition) is 3. The quantitative estimate of drug-likeness (QED) is 0.214. The van der Waals surface area contributed by atoms with E-state index in [1.54, 1.807) is 24.4 Å². The van der Waals surface area contributed by atoms with Crippen molar-refractivity contribution in [1.82, 2.24) is 19.7 Å². The first kappa shape index (κ1) is 24.9. The molecule has 4 aromatic rings. The van der Waals surface area contributed by atoms with E-state index in [9.17, 15) is 14.0 Å². The number of carbonyl (C=O) groups is 2. The molecule has 0 aliphatic rings. The first-order valence-electron chi connectivity index (χ1n) is 11.0. The summed E-state index contributed by atoms with van der Waals surface area (Å²) in [5.41, 5.74) is 1.40. The summed E-state index contributed by atoms with van der Waals surface area (Å²) in [7, 11) is 0. The summed E-state index contributed by atoms with van der Waals surface area (Å²) in [4.78, 5) is 32.8. The summed E-state index contributed by atoms with van der Waals surface area (Å²) in [6.45, 7) is 1.68. The lowest BCUT2D eigenvalue weighted by molar-refractivity contribution is -0.117. The number of nitrogens with zero attached hydrogens (tertiary/aromatic N) is 4. The normalized spacial score (nSPS) is 10.8. The minimum atomic E-state index is -0.461. The monoisotopic (exact) mass is 511 g/mol. The lowest BCUT2D eigenvalue weighted by atomic mass is 10.2. The molecule has 0 radical (unpaired) electrons. The summed E-state index contributed by atoms with van der Waals surface area (Å²) >= 11 is 5.70. The molecule has 0 bridgehead atoms. The SMILES string of the molecule is CC(=O)Nc1nn(CC(=O)Nc2cccc(F)c2)cc1Nc1ncnc2cc(OCCCCl)ccc12. The van der Waals surface area contributed by atoms with E-state index in [-0.39, 0.29) is 18.3 Å². The summed E-state index contributed by atoms with van der Waals surface area (Å²) in [6, 6.07) is 11.0. The van der Waals surface area contributed by atoms with Crippen LogP contribution in [-0.2, 0) is 16.1 Å². The van der Waals surface area contributed by atoms with Gasteiger partial charge >= 0.3 is 0 Å². The third-order valence-corrected chi connectivity index (χ3v) is 5.15. The zero-order valence-corrected chi connectivity index (χ0v) is 20.1. The second kappa shape index (κ2) is 11.5. The Hall–Kier alpha value is -4.25. The molecule has 0 aliphatic carbocycles. The first-order chi connectivity index (χ1) is 17.4. The van der Waals surface area contributed by atoms with Gasteiger partial charge in [-0.3, -0.25) is 14.3 Å². The lowest BCUT2D eigenvalue weighted by Gasteiger charge is -2.10. The standard InChI is InChI=1S/C24H23ClFN7O3/c1-15(34)29-24-21(12-33(32-24)13-22(35)30-17-5-2-4-16(26)10-17)31-23-19-7-6-18(36-9-3-8-25)11-20(19)27-14-28-23/h2,4-7,10-12,14H,3,8-9,13H2,1H3,(H,30,35)(H,27,28,31)(H,29,32,34). The molecular weight excluding hydrogens is 489 g/mol. The van der Waals surface area contributed by atoms with E-state index in [2.05, 4.69) is 31.0 Å². The van der Waals surface area contributed by atoms with Crippen LogP contribution in [0.3, 0.4) is 0 Å². The zero-order chi connectivity index (χ0) is 25.5. The van der Waals surface area contributed by atoms with Gasteiger partial charge in [-0.15, -0.1) is 11.6 Å². The molecule has 0 unspecified atom stereocenters. The molecular formula is C24H23ClFN7O3. The third-order valence-electron chi connectivity index (χ3n) is 4.88. The molecule has 0 spiro atoms. The second-order valence-corrected chi connectivity index (χ2v) is 8.12. The maximum absolute atomic E-state index is 13.4. The van der Waals surface area contributed by atoms with Gasteiger partial charge in [0.15, 0.2) is 5.82 Å². The third kappa shape index (κ3) is 6.45. The van der Waals surface area contributed by atoms with Gasteiger partial charge in [-0.2, -0.15) is 5.10 Å². The Bertz CT molecular complexity index is 1400. The number of amides is 2.